The Morgan fingerprint density at radius 3 is 2.74 bits per heavy atom. The van der Waals surface area contributed by atoms with Gasteiger partial charge in [0.2, 0.25) is 11.8 Å². The van der Waals surface area contributed by atoms with Gasteiger partial charge in [0.25, 0.3) is 0 Å². The second-order valence-electron chi connectivity index (χ2n) is 9.68. The third-order valence-electron chi connectivity index (χ3n) is 7.02. The van der Waals surface area contributed by atoms with Gasteiger partial charge in [0.15, 0.2) is 5.65 Å². The lowest BCUT2D eigenvalue weighted by molar-refractivity contribution is -0.135. The van der Waals surface area contributed by atoms with Crippen LogP contribution in [0.1, 0.15) is 31.9 Å². The van der Waals surface area contributed by atoms with Gasteiger partial charge in [0.1, 0.15) is 12.1 Å². The quantitative estimate of drug-likeness (QED) is 0.599. The highest BCUT2D eigenvalue weighted by Gasteiger charge is 2.31. The number of imidazole rings is 1. The Balaban J connectivity index is 1.29. The molecule has 5 rings (SSSR count). The number of hydrogen-bond donors (Lipinski definition) is 0. The lowest BCUT2D eigenvalue weighted by atomic mass is 9.96. The maximum Gasteiger partial charge on any atom is 0.242 e. The fourth-order valence-corrected chi connectivity index (χ4v) is 5.21. The van der Waals surface area contributed by atoms with Crippen LogP contribution in [0, 0.1) is 5.92 Å². The summed E-state index contributed by atoms with van der Waals surface area (Å²) in [5.41, 5.74) is 5.31. The first-order valence-corrected chi connectivity index (χ1v) is 12.1. The summed E-state index contributed by atoms with van der Waals surface area (Å²) in [5, 5.41) is 0. The van der Waals surface area contributed by atoms with Crippen LogP contribution in [-0.4, -0.2) is 68.4 Å². The van der Waals surface area contributed by atoms with Crippen LogP contribution in [0.3, 0.4) is 0 Å². The molecule has 2 aliphatic rings. The molecule has 0 spiro atoms. The number of carbonyl (C=O) groups excluding carboxylic acids is 2. The average molecular weight is 461 g/mol. The highest BCUT2D eigenvalue weighted by atomic mass is 16.2. The van der Waals surface area contributed by atoms with Gasteiger partial charge in [0.05, 0.1) is 6.33 Å². The molecule has 8 nitrogen and oxygen atoms in total. The van der Waals surface area contributed by atoms with Gasteiger partial charge in [-0.1, -0.05) is 26.0 Å². The second kappa shape index (κ2) is 9.08. The molecule has 2 aliphatic heterocycles. The van der Waals surface area contributed by atoms with E-state index in [1.165, 1.54) is 16.8 Å². The van der Waals surface area contributed by atoms with Crippen molar-refractivity contribution in [3.05, 3.63) is 54.0 Å². The minimum atomic E-state index is 0.00566. The number of nitrogens with zero attached hydrogens (tertiary/aromatic N) is 6. The zero-order chi connectivity index (χ0) is 23.8. The molecule has 1 saturated heterocycles. The molecule has 1 unspecified atom stereocenters. The molecule has 1 aromatic carbocycles. The third-order valence-corrected chi connectivity index (χ3v) is 7.02. The van der Waals surface area contributed by atoms with Crippen LogP contribution in [0.4, 0.5) is 5.69 Å². The molecule has 0 radical (unpaired) electrons. The second-order valence-corrected chi connectivity index (χ2v) is 9.68. The molecule has 0 N–H and O–H groups in total. The van der Waals surface area contributed by atoms with Crippen LogP contribution in [0.25, 0.3) is 11.2 Å². The molecule has 4 heterocycles. The Bertz CT molecular complexity index is 1220. The van der Waals surface area contributed by atoms with E-state index >= 15 is 0 Å². The van der Waals surface area contributed by atoms with E-state index in [0.717, 1.165) is 37.2 Å². The van der Waals surface area contributed by atoms with Gasteiger partial charge < -0.3 is 19.3 Å². The Hall–Kier alpha value is -3.42. The molecule has 1 fully saturated rings. The molecule has 0 aliphatic carbocycles. The summed E-state index contributed by atoms with van der Waals surface area (Å²) >= 11 is 0. The molecule has 34 heavy (non-hydrogen) atoms. The average Bonchev–Trinajstić information content (AvgIpc) is 3.25. The van der Waals surface area contributed by atoms with Crippen molar-refractivity contribution in [2.24, 2.45) is 5.92 Å². The molecule has 178 valence electrons. The molecule has 3 aromatic rings. The van der Waals surface area contributed by atoms with Gasteiger partial charge in [-0.15, -0.1) is 0 Å². The van der Waals surface area contributed by atoms with Crippen LogP contribution < -0.4 is 4.90 Å². The van der Waals surface area contributed by atoms with E-state index in [1.807, 2.05) is 40.3 Å². The van der Waals surface area contributed by atoms with E-state index in [2.05, 4.69) is 40.0 Å². The molecule has 2 aromatic heterocycles. The smallest absolute Gasteiger partial charge is 0.242 e. The third kappa shape index (κ3) is 4.13. The van der Waals surface area contributed by atoms with Gasteiger partial charge in [-0.05, 0) is 42.7 Å². The SMILES string of the molecule is CC(C)C(=O)N1CCc2cccc(N3CCN(C(=O)Cn4cnc5cccnc54)C(C)C3)c2C1. The van der Waals surface area contributed by atoms with E-state index in [-0.39, 0.29) is 30.3 Å². The van der Waals surface area contributed by atoms with E-state index in [9.17, 15) is 9.59 Å². The minimum Gasteiger partial charge on any atom is -0.367 e. The summed E-state index contributed by atoms with van der Waals surface area (Å²) in [5.74, 6) is 0.303. The molecule has 0 bridgehead atoms. The van der Waals surface area contributed by atoms with Crippen LogP contribution >= 0.6 is 0 Å². The number of amides is 2. The van der Waals surface area contributed by atoms with Crippen molar-refractivity contribution in [3.8, 4) is 0 Å². The molecule has 0 saturated carbocycles. The number of hydrogen-bond acceptors (Lipinski definition) is 5. The summed E-state index contributed by atoms with van der Waals surface area (Å²) in [6, 6.07) is 10.3. The van der Waals surface area contributed by atoms with Crippen molar-refractivity contribution in [2.75, 3.05) is 31.1 Å². The largest absolute Gasteiger partial charge is 0.367 e. The maximum atomic E-state index is 13.2. The van der Waals surface area contributed by atoms with E-state index < -0.39 is 0 Å². The number of pyridine rings is 1. The number of carbonyl (C=O) groups is 2. The topological polar surface area (TPSA) is 74.6 Å². The Kier molecular flexibility index (Phi) is 5.98. The van der Waals surface area contributed by atoms with E-state index in [4.69, 9.17) is 0 Å². The van der Waals surface area contributed by atoms with Crippen molar-refractivity contribution in [3.63, 3.8) is 0 Å². The normalized spacial score (nSPS) is 18.5. The summed E-state index contributed by atoms with van der Waals surface area (Å²) in [7, 11) is 0. The monoisotopic (exact) mass is 460 g/mol. The zero-order valence-electron chi connectivity index (χ0n) is 20.1. The zero-order valence-corrected chi connectivity index (χ0v) is 20.1. The summed E-state index contributed by atoms with van der Waals surface area (Å²) in [4.78, 5) is 40.9. The molecular formula is C26H32N6O2. The van der Waals surface area contributed by atoms with Crippen molar-refractivity contribution >= 4 is 28.7 Å². The van der Waals surface area contributed by atoms with Gasteiger partial charge in [-0.2, -0.15) is 0 Å². The van der Waals surface area contributed by atoms with Crippen molar-refractivity contribution in [1.82, 2.24) is 24.3 Å². The fraction of sp³-hybridized carbons (Fsp3) is 0.462. The highest BCUT2D eigenvalue weighted by Crippen LogP contribution is 2.31. The first-order chi connectivity index (χ1) is 16.4. The number of piperazine rings is 1. The number of aromatic nitrogens is 3. The van der Waals surface area contributed by atoms with Crippen molar-refractivity contribution < 1.29 is 9.59 Å². The lowest BCUT2D eigenvalue weighted by Gasteiger charge is -2.43. The van der Waals surface area contributed by atoms with Crippen LogP contribution in [0.2, 0.25) is 0 Å². The van der Waals surface area contributed by atoms with Gasteiger partial charge in [-0.3, -0.25) is 9.59 Å². The van der Waals surface area contributed by atoms with E-state index in [0.29, 0.717) is 13.1 Å². The first-order valence-electron chi connectivity index (χ1n) is 12.1. The van der Waals surface area contributed by atoms with Crippen molar-refractivity contribution in [2.45, 2.75) is 46.3 Å². The molecule has 8 heteroatoms. The predicted molar refractivity (Wildman–Crippen MR) is 131 cm³/mol. The van der Waals surface area contributed by atoms with Gasteiger partial charge in [-0.25, -0.2) is 9.97 Å². The van der Waals surface area contributed by atoms with Crippen molar-refractivity contribution in [1.29, 1.82) is 0 Å². The number of fused-ring (bicyclic) bond motifs is 2. The number of benzene rings is 1. The number of anilines is 1. The van der Waals surface area contributed by atoms with Crippen LogP contribution in [0.15, 0.2) is 42.9 Å². The van der Waals surface area contributed by atoms with Crippen LogP contribution in [-0.2, 0) is 29.1 Å². The summed E-state index contributed by atoms with van der Waals surface area (Å²) < 4.78 is 1.82. The van der Waals surface area contributed by atoms with Crippen LogP contribution in [0.5, 0.6) is 0 Å². The molecule has 1 atom stereocenters. The van der Waals surface area contributed by atoms with Gasteiger partial charge in [0, 0.05) is 56.6 Å². The fourth-order valence-electron chi connectivity index (χ4n) is 5.21. The summed E-state index contributed by atoms with van der Waals surface area (Å²) in [6.07, 6.45) is 4.31. The van der Waals surface area contributed by atoms with Gasteiger partial charge >= 0.3 is 0 Å². The standard InChI is InChI=1S/C26H32N6O2/c1-18(2)26(34)30-11-9-20-6-4-8-23(21(20)15-30)29-12-13-32(19(3)14-29)24(33)16-31-17-28-22-7-5-10-27-25(22)31/h4-8,10,17-19H,9,11-16H2,1-3H3. The minimum absolute atomic E-state index is 0.00566. The molecular weight excluding hydrogens is 428 g/mol. The lowest BCUT2D eigenvalue weighted by Crippen LogP contribution is -2.55. The first kappa shape index (κ1) is 22.4. The Morgan fingerprint density at radius 2 is 1.94 bits per heavy atom. The predicted octanol–water partition coefficient (Wildman–Crippen LogP) is 2.71. The maximum absolute atomic E-state index is 13.2. The van der Waals surface area contributed by atoms with E-state index in [1.54, 1.807) is 12.5 Å². The number of rotatable bonds is 4. The summed E-state index contributed by atoms with van der Waals surface area (Å²) in [6.45, 7) is 9.92. The Morgan fingerprint density at radius 1 is 1.09 bits per heavy atom. The Labute approximate surface area is 200 Å². The highest BCUT2D eigenvalue weighted by molar-refractivity contribution is 5.80. The molecule has 2 amide bonds.